The van der Waals surface area contributed by atoms with Crippen molar-refractivity contribution < 1.29 is 31.9 Å². The van der Waals surface area contributed by atoms with E-state index in [0.29, 0.717) is 12.3 Å². The van der Waals surface area contributed by atoms with Crippen LogP contribution in [0.4, 0.5) is 10.1 Å². The number of sulfonamides is 1. The summed E-state index contributed by atoms with van der Waals surface area (Å²) < 4.78 is 51.3. The minimum Gasteiger partial charge on any atom is -0.497 e. The maximum Gasteiger partial charge on any atom is 0.244 e. The molecule has 2 aromatic rings. The van der Waals surface area contributed by atoms with Crippen LogP contribution in [0.25, 0.3) is 0 Å². The second-order valence-corrected chi connectivity index (χ2v) is 10.1. The Labute approximate surface area is 212 Å². The number of methoxy groups -OCH3 is 2. The molecule has 0 bridgehead atoms. The maximum absolute atomic E-state index is 14.4. The van der Waals surface area contributed by atoms with Gasteiger partial charge in [-0.05, 0) is 31.5 Å². The van der Waals surface area contributed by atoms with Gasteiger partial charge in [0.2, 0.25) is 21.8 Å². The molecule has 0 radical (unpaired) electrons. The molecule has 0 aliphatic rings. The summed E-state index contributed by atoms with van der Waals surface area (Å²) in [6.07, 6.45) is 2.60. The predicted octanol–water partition coefficient (Wildman–Crippen LogP) is 2.94. The summed E-state index contributed by atoms with van der Waals surface area (Å²) in [7, 11) is -1.13. The Hall–Kier alpha value is -3.34. The molecule has 0 saturated carbocycles. The Balaban J connectivity index is 2.44. The number of rotatable bonds is 13. The summed E-state index contributed by atoms with van der Waals surface area (Å²) >= 11 is 0. The number of benzene rings is 2. The molecule has 0 unspecified atom stereocenters. The number of hydrogen-bond acceptors (Lipinski definition) is 6. The van der Waals surface area contributed by atoms with Crippen LogP contribution in [0.5, 0.6) is 11.5 Å². The van der Waals surface area contributed by atoms with Gasteiger partial charge >= 0.3 is 0 Å². The van der Waals surface area contributed by atoms with E-state index in [1.807, 2.05) is 6.92 Å². The topological polar surface area (TPSA) is 105 Å². The van der Waals surface area contributed by atoms with Crippen molar-refractivity contribution in [2.24, 2.45) is 0 Å². The standard InChI is InChI=1S/C25H34FN3O6S/c1-6-7-14-27-25(31)18(2)28(16-19-10-8-9-11-21(19)26)24(30)17-29(36(5,32)33)22-13-12-20(34-3)15-23(22)35-4/h8-13,15,18H,6-7,14,16-17H2,1-5H3,(H,27,31)/t18-/m0/s1. The predicted molar refractivity (Wildman–Crippen MR) is 136 cm³/mol. The zero-order chi connectivity index (χ0) is 26.9. The van der Waals surface area contributed by atoms with E-state index in [9.17, 15) is 22.4 Å². The number of nitrogens with zero attached hydrogens (tertiary/aromatic N) is 2. The van der Waals surface area contributed by atoms with Gasteiger partial charge in [-0.15, -0.1) is 0 Å². The molecule has 2 aromatic carbocycles. The van der Waals surface area contributed by atoms with Crippen molar-refractivity contribution in [3.63, 3.8) is 0 Å². The second kappa shape index (κ2) is 13.1. The number of halogens is 1. The summed E-state index contributed by atoms with van der Waals surface area (Å²) in [4.78, 5) is 27.5. The molecule has 0 aromatic heterocycles. The fourth-order valence-electron chi connectivity index (χ4n) is 3.51. The fourth-order valence-corrected chi connectivity index (χ4v) is 4.37. The molecule has 198 valence electrons. The van der Waals surface area contributed by atoms with Crippen molar-refractivity contribution in [2.75, 3.05) is 37.9 Å². The summed E-state index contributed by atoms with van der Waals surface area (Å²) in [5.41, 5.74) is 0.326. The van der Waals surface area contributed by atoms with Crippen molar-refractivity contribution in [3.8, 4) is 11.5 Å². The quantitative estimate of drug-likeness (QED) is 0.405. The van der Waals surface area contributed by atoms with Gasteiger partial charge in [-0.3, -0.25) is 13.9 Å². The molecule has 9 nitrogen and oxygen atoms in total. The minimum atomic E-state index is -3.95. The average Bonchev–Trinajstić information content (AvgIpc) is 2.85. The van der Waals surface area contributed by atoms with Crippen LogP contribution in [0, 0.1) is 5.82 Å². The van der Waals surface area contributed by atoms with E-state index in [2.05, 4.69) is 5.32 Å². The molecule has 1 N–H and O–H groups in total. The Morgan fingerprint density at radius 1 is 1.11 bits per heavy atom. The van der Waals surface area contributed by atoms with Crippen LogP contribution in [0.2, 0.25) is 0 Å². The zero-order valence-electron chi connectivity index (χ0n) is 21.3. The molecular weight excluding hydrogens is 489 g/mol. The third-order valence-electron chi connectivity index (χ3n) is 5.63. The summed E-state index contributed by atoms with van der Waals surface area (Å²) in [6.45, 7) is 3.10. The van der Waals surface area contributed by atoms with E-state index < -0.39 is 40.2 Å². The van der Waals surface area contributed by atoms with Crippen molar-refractivity contribution in [1.29, 1.82) is 0 Å². The van der Waals surface area contributed by atoms with Gasteiger partial charge in [-0.25, -0.2) is 12.8 Å². The lowest BCUT2D eigenvalue weighted by Crippen LogP contribution is -2.51. The van der Waals surface area contributed by atoms with Crippen LogP contribution in [0.15, 0.2) is 42.5 Å². The zero-order valence-corrected chi connectivity index (χ0v) is 22.1. The van der Waals surface area contributed by atoms with Crippen LogP contribution >= 0.6 is 0 Å². The third kappa shape index (κ3) is 7.58. The van der Waals surface area contributed by atoms with Gasteiger partial charge in [0.25, 0.3) is 0 Å². The van der Waals surface area contributed by atoms with Gasteiger partial charge in [0.05, 0.1) is 26.2 Å². The molecule has 2 rings (SSSR count). The lowest BCUT2D eigenvalue weighted by atomic mass is 10.1. The number of carbonyl (C=O) groups excluding carboxylic acids is 2. The summed E-state index contributed by atoms with van der Waals surface area (Å²) in [5.74, 6) is -1.01. The first-order chi connectivity index (χ1) is 17.0. The molecule has 11 heteroatoms. The summed E-state index contributed by atoms with van der Waals surface area (Å²) in [5, 5.41) is 2.77. The molecule has 36 heavy (non-hydrogen) atoms. The number of carbonyl (C=O) groups is 2. The third-order valence-corrected chi connectivity index (χ3v) is 6.76. The van der Waals surface area contributed by atoms with Crippen LogP contribution in [0.3, 0.4) is 0 Å². The van der Waals surface area contributed by atoms with Crippen LogP contribution < -0.4 is 19.1 Å². The van der Waals surface area contributed by atoms with Gasteiger partial charge in [-0.1, -0.05) is 31.5 Å². The van der Waals surface area contributed by atoms with Gasteiger partial charge in [-0.2, -0.15) is 0 Å². The number of anilines is 1. The molecular formula is C25H34FN3O6S. The molecule has 0 spiro atoms. The van der Waals surface area contributed by atoms with E-state index in [-0.39, 0.29) is 23.5 Å². The highest BCUT2D eigenvalue weighted by molar-refractivity contribution is 7.92. The van der Waals surface area contributed by atoms with Crippen molar-refractivity contribution >= 4 is 27.5 Å². The van der Waals surface area contributed by atoms with Crippen LogP contribution in [-0.4, -0.2) is 64.7 Å². The molecule has 0 heterocycles. The van der Waals surface area contributed by atoms with E-state index in [1.165, 1.54) is 56.4 Å². The highest BCUT2D eigenvalue weighted by Crippen LogP contribution is 2.33. The molecule has 0 aliphatic carbocycles. The Morgan fingerprint density at radius 2 is 1.81 bits per heavy atom. The lowest BCUT2D eigenvalue weighted by Gasteiger charge is -2.32. The van der Waals surface area contributed by atoms with E-state index >= 15 is 0 Å². The van der Waals surface area contributed by atoms with Crippen LogP contribution in [0.1, 0.15) is 32.3 Å². The average molecular weight is 524 g/mol. The smallest absolute Gasteiger partial charge is 0.244 e. The number of unbranched alkanes of at least 4 members (excludes halogenated alkanes) is 1. The monoisotopic (exact) mass is 523 g/mol. The van der Waals surface area contributed by atoms with Crippen LogP contribution in [-0.2, 0) is 26.2 Å². The number of ether oxygens (including phenoxy) is 2. The van der Waals surface area contributed by atoms with Crippen molar-refractivity contribution in [3.05, 3.63) is 53.8 Å². The van der Waals surface area contributed by atoms with E-state index in [1.54, 1.807) is 12.1 Å². The molecule has 0 saturated heterocycles. The van der Waals surface area contributed by atoms with Gasteiger partial charge in [0, 0.05) is 24.7 Å². The fraction of sp³-hybridized carbons (Fsp3) is 0.440. The molecule has 1 atom stereocenters. The highest BCUT2D eigenvalue weighted by atomic mass is 32.2. The van der Waals surface area contributed by atoms with Crippen molar-refractivity contribution in [2.45, 2.75) is 39.3 Å². The lowest BCUT2D eigenvalue weighted by molar-refractivity contribution is -0.139. The van der Waals surface area contributed by atoms with Gasteiger partial charge < -0.3 is 19.7 Å². The molecule has 0 fully saturated rings. The highest BCUT2D eigenvalue weighted by Gasteiger charge is 2.31. The number of amides is 2. The summed E-state index contributed by atoms with van der Waals surface area (Å²) in [6, 6.07) is 9.44. The Bertz CT molecular complexity index is 1160. The van der Waals surface area contributed by atoms with Gasteiger partial charge in [0.15, 0.2) is 0 Å². The first-order valence-corrected chi connectivity index (χ1v) is 13.4. The second-order valence-electron chi connectivity index (χ2n) is 8.24. The first kappa shape index (κ1) is 28.9. The van der Waals surface area contributed by atoms with E-state index in [0.717, 1.165) is 23.4 Å². The first-order valence-electron chi connectivity index (χ1n) is 11.5. The number of hydrogen-bond donors (Lipinski definition) is 1. The van der Waals surface area contributed by atoms with Gasteiger partial charge in [0.1, 0.15) is 29.9 Å². The molecule has 0 aliphatic heterocycles. The largest absolute Gasteiger partial charge is 0.497 e. The van der Waals surface area contributed by atoms with Crippen molar-refractivity contribution in [1.82, 2.24) is 10.2 Å². The van der Waals surface area contributed by atoms with E-state index in [4.69, 9.17) is 9.47 Å². The Morgan fingerprint density at radius 3 is 2.39 bits per heavy atom. The number of nitrogens with one attached hydrogen (secondary N) is 1. The maximum atomic E-state index is 14.4. The Kier molecular flexibility index (Phi) is 10.5. The normalized spacial score (nSPS) is 11.9. The minimum absolute atomic E-state index is 0.125. The molecule has 2 amide bonds. The SMILES string of the molecule is CCCCNC(=O)[C@H](C)N(Cc1ccccc1F)C(=O)CN(c1ccc(OC)cc1OC)S(C)(=O)=O.